The molecule has 4 rings (SSSR count). The van der Waals surface area contributed by atoms with Gasteiger partial charge in [-0.25, -0.2) is 4.39 Å². The minimum atomic E-state index is -0.209. The highest BCUT2D eigenvalue weighted by Crippen LogP contribution is 2.45. The maximum absolute atomic E-state index is 13.1. The lowest BCUT2D eigenvalue weighted by molar-refractivity contribution is -0.0366. The molecule has 0 radical (unpaired) electrons. The van der Waals surface area contributed by atoms with E-state index in [0.29, 0.717) is 18.8 Å². The molecule has 2 aromatic rings. The maximum Gasteiger partial charge on any atom is 0.276 e. The second kappa shape index (κ2) is 8.01. The fraction of sp³-hybridized carbons (Fsp3) is 0.524. The van der Waals surface area contributed by atoms with Crippen molar-refractivity contribution in [1.82, 2.24) is 15.0 Å². The van der Waals surface area contributed by atoms with Gasteiger partial charge < -0.3 is 14.5 Å². The molecule has 1 aromatic carbocycles. The van der Waals surface area contributed by atoms with Gasteiger partial charge in [-0.05, 0) is 55.5 Å². The number of likely N-dealkylation sites (tertiary alicyclic amines) is 2. The third kappa shape index (κ3) is 3.82. The van der Waals surface area contributed by atoms with E-state index < -0.39 is 0 Å². The van der Waals surface area contributed by atoms with E-state index >= 15 is 0 Å². The minimum Gasteiger partial charge on any atom is -0.396 e. The Kier molecular flexibility index (Phi) is 5.46. The molecule has 0 bridgehead atoms. The van der Waals surface area contributed by atoms with Crippen LogP contribution in [0, 0.1) is 17.2 Å². The molecule has 1 N–H and O–H groups in total. The van der Waals surface area contributed by atoms with Gasteiger partial charge in [0.05, 0.1) is 0 Å². The summed E-state index contributed by atoms with van der Waals surface area (Å²) in [5.74, 6) is -0.264. The van der Waals surface area contributed by atoms with E-state index in [-0.39, 0.29) is 29.7 Å². The summed E-state index contributed by atoms with van der Waals surface area (Å²) in [6.45, 7) is 4.04. The van der Waals surface area contributed by atoms with E-state index in [0.717, 1.165) is 44.5 Å². The van der Waals surface area contributed by atoms with Crippen molar-refractivity contribution in [2.75, 3.05) is 32.8 Å². The van der Waals surface area contributed by atoms with E-state index in [4.69, 9.17) is 4.52 Å². The molecule has 2 aliphatic heterocycles. The third-order valence-electron chi connectivity index (χ3n) is 6.52. The van der Waals surface area contributed by atoms with Gasteiger partial charge in [0.15, 0.2) is 5.69 Å². The van der Waals surface area contributed by atoms with Crippen LogP contribution in [0.25, 0.3) is 0 Å². The monoisotopic (exact) mass is 387 g/mol. The summed E-state index contributed by atoms with van der Waals surface area (Å²) in [7, 11) is 0. The summed E-state index contributed by atoms with van der Waals surface area (Å²) in [6, 6.07) is 8.26. The normalized spacial score (nSPS) is 22.5. The first-order valence-corrected chi connectivity index (χ1v) is 9.87. The Morgan fingerprint density at radius 3 is 2.54 bits per heavy atom. The van der Waals surface area contributed by atoms with Crippen LogP contribution in [0.1, 0.15) is 35.3 Å². The Morgan fingerprint density at radius 2 is 1.89 bits per heavy atom. The van der Waals surface area contributed by atoms with Gasteiger partial charge in [0.25, 0.3) is 5.91 Å². The highest BCUT2D eigenvalue weighted by Gasteiger charge is 2.45. The molecule has 6 nitrogen and oxygen atoms in total. The zero-order chi connectivity index (χ0) is 19.6. The number of carbonyl (C=O) groups excluding carboxylic acids is 1. The molecule has 0 saturated carbocycles. The van der Waals surface area contributed by atoms with Gasteiger partial charge in [-0.15, -0.1) is 0 Å². The Hall–Kier alpha value is -2.25. The number of halogens is 1. The zero-order valence-corrected chi connectivity index (χ0v) is 15.9. The van der Waals surface area contributed by atoms with Gasteiger partial charge in [0.1, 0.15) is 12.1 Å². The summed E-state index contributed by atoms with van der Waals surface area (Å²) in [4.78, 5) is 16.7. The number of piperidine rings is 2. The topological polar surface area (TPSA) is 69.8 Å². The highest BCUT2D eigenvalue weighted by atomic mass is 19.1. The summed E-state index contributed by atoms with van der Waals surface area (Å²) in [5.41, 5.74) is 1.51. The van der Waals surface area contributed by atoms with Crippen LogP contribution in [-0.4, -0.2) is 58.8 Å². The van der Waals surface area contributed by atoms with E-state index in [9.17, 15) is 14.3 Å². The predicted molar refractivity (Wildman–Crippen MR) is 101 cm³/mol. The van der Waals surface area contributed by atoms with Crippen molar-refractivity contribution in [1.29, 1.82) is 0 Å². The Labute approximate surface area is 163 Å². The van der Waals surface area contributed by atoms with Crippen molar-refractivity contribution < 1.29 is 18.8 Å². The second-order valence-electron chi connectivity index (χ2n) is 8.03. The van der Waals surface area contributed by atoms with Gasteiger partial charge in [-0.2, -0.15) is 0 Å². The molecular formula is C21H26FN3O3. The van der Waals surface area contributed by atoms with Crippen molar-refractivity contribution in [2.45, 2.75) is 25.8 Å². The molecule has 1 spiro atoms. The van der Waals surface area contributed by atoms with E-state index in [1.807, 2.05) is 12.1 Å². The number of aliphatic hydroxyl groups excluding tert-OH is 1. The first kappa shape index (κ1) is 19.1. The quantitative estimate of drug-likeness (QED) is 0.873. The molecule has 3 heterocycles. The number of carbonyl (C=O) groups is 1. The summed E-state index contributed by atoms with van der Waals surface area (Å²) < 4.78 is 17.9. The zero-order valence-electron chi connectivity index (χ0n) is 15.9. The van der Waals surface area contributed by atoms with Crippen LogP contribution in [0.15, 0.2) is 41.1 Å². The molecule has 2 saturated heterocycles. The van der Waals surface area contributed by atoms with Gasteiger partial charge in [0, 0.05) is 38.2 Å². The SMILES string of the molecule is O=C(c1ccon1)N1CCC2(CCN(Cc3ccc(F)cc3)CC2)[C@H](CO)C1. The fourth-order valence-electron chi connectivity index (χ4n) is 4.70. The molecule has 2 fully saturated rings. The van der Waals surface area contributed by atoms with Crippen molar-refractivity contribution in [3.63, 3.8) is 0 Å². The summed E-state index contributed by atoms with van der Waals surface area (Å²) in [6.07, 6.45) is 4.31. The molecule has 1 amide bonds. The molecule has 0 unspecified atom stereocenters. The fourth-order valence-corrected chi connectivity index (χ4v) is 4.70. The van der Waals surface area contributed by atoms with Gasteiger partial charge >= 0.3 is 0 Å². The lowest BCUT2D eigenvalue weighted by Gasteiger charge is -2.51. The largest absolute Gasteiger partial charge is 0.396 e. The molecule has 1 atom stereocenters. The van der Waals surface area contributed by atoms with Crippen LogP contribution in [0.2, 0.25) is 0 Å². The second-order valence-corrected chi connectivity index (χ2v) is 8.03. The molecule has 0 aliphatic carbocycles. The number of benzene rings is 1. The number of aromatic nitrogens is 1. The van der Waals surface area contributed by atoms with Crippen molar-refractivity contribution in [3.8, 4) is 0 Å². The molecule has 1 aromatic heterocycles. The van der Waals surface area contributed by atoms with Crippen molar-refractivity contribution >= 4 is 5.91 Å². The number of amides is 1. The molecule has 2 aliphatic rings. The number of nitrogens with zero attached hydrogens (tertiary/aromatic N) is 3. The van der Waals surface area contributed by atoms with Crippen LogP contribution in [0.3, 0.4) is 0 Å². The lowest BCUT2D eigenvalue weighted by Crippen LogP contribution is -2.54. The minimum absolute atomic E-state index is 0.0741. The van der Waals surface area contributed by atoms with Crippen molar-refractivity contribution in [2.24, 2.45) is 11.3 Å². The summed E-state index contributed by atoms with van der Waals surface area (Å²) in [5, 5.41) is 13.8. The molecule has 28 heavy (non-hydrogen) atoms. The third-order valence-corrected chi connectivity index (χ3v) is 6.52. The van der Waals surface area contributed by atoms with Crippen LogP contribution in [0.5, 0.6) is 0 Å². The Morgan fingerprint density at radius 1 is 1.18 bits per heavy atom. The number of hydrogen-bond acceptors (Lipinski definition) is 5. The Bertz CT molecular complexity index is 786. The standard InChI is InChI=1S/C21H26FN3O3/c22-18-3-1-16(2-4-18)13-24-9-6-21(7-10-24)8-11-25(14-17(21)15-26)20(27)19-5-12-28-23-19/h1-5,12,17,26H,6-11,13-15H2/t17-/m0/s1. The van der Waals surface area contributed by atoms with Crippen LogP contribution in [0.4, 0.5) is 4.39 Å². The maximum atomic E-state index is 13.1. The van der Waals surface area contributed by atoms with E-state index in [2.05, 4.69) is 10.1 Å². The highest BCUT2D eigenvalue weighted by molar-refractivity contribution is 5.92. The van der Waals surface area contributed by atoms with E-state index in [1.165, 1.54) is 18.4 Å². The number of rotatable bonds is 4. The van der Waals surface area contributed by atoms with Crippen molar-refractivity contribution in [3.05, 3.63) is 53.7 Å². The van der Waals surface area contributed by atoms with Crippen LogP contribution in [-0.2, 0) is 6.54 Å². The van der Waals surface area contributed by atoms with Gasteiger partial charge in [-0.1, -0.05) is 17.3 Å². The lowest BCUT2D eigenvalue weighted by atomic mass is 9.64. The molecular weight excluding hydrogens is 361 g/mol. The van der Waals surface area contributed by atoms with Gasteiger partial charge in [-0.3, -0.25) is 9.69 Å². The molecule has 150 valence electrons. The Balaban J connectivity index is 1.36. The first-order valence-electron chi connectivity index (χ1n) is 9.87. The smallest absolute Gasteiger partial charge is 0.276 e. The number of hydrogen-bond donors (Lipinski definition) is 1. The average Bonchev–Trinajstić information content (AvgIpc) is 3.26. The van der Waals surface area contributed by atoms with Gasteiger partial charge in [0.2, 0.25) is 0 Å². The summed E-state index contributed by atoms with van der Waals surface area (Å²) >= 11 is 0. The average molecular weight is 387 g/mol. The van der Waals surface area contributed by atoms with E-state index in [1.54, 1.807) is 11.0 Å². The number of aliphatic hydroxyl groups is 1. The van der Waals surface area contributed by atoms with Crippen LogP contribution < -0.4 is 0 Å². The predicted octanol–water partition coefficient (Wildman–Crippen LogP) is 2.55. The molecule has 7 heteroatoms. The van der Waals surface area contributed by atoms with Crippen LogP contribution >= 0.6 is 0 Å². The first-order chi connectivity index (χ1) is 13.6.